The van der Waals surface area contributed by atoms with Crippen molar-refractivity contribution in [3.8, 4) is 0 Å². The lowest BCUT2D eigenvalue weighted by Gasteiger charge is -2.36. The van der Waals surface area contributed by atoms with Gasteiger partial charge >= 0.3 is 0 Å². The molecule has 0 amide bonds. The summed E-state index contributed by atoms with van der Waals surface area (Å²) >= 11 is 0. The number of hydrogen-bond acceptors (Lipinski definition) is 10. The highest BCUT2D eigenvalue weighted by Crippen LogP contribution is 2.31. The van der Waals surface area contributed by atoms with E-state index >= 15 is 0 Å². The molecule has 3 heterocycles. The zero-order valence-electron chi connectivity index (χ0n) is 39.5. The van der Waals surface area contributed by atoms with Gasteiger partial charge in [-0.25, -0.2) is 0 Å². The molecule has 0 aliphatic carbocycles. The number of nitrogens with zero attached hydrogens (tertiary/aromatic N) is 2. The van der Waals surface area contributed by atoms with Crippen molar-refractivity contribution in [3.63, 3.8) is 0 Å². The highest BCUT2D eigenvalue weighted by molar-refractivity contribution is 5.75. The Morgan fingerprint density at radius 1 is 0.591 bits per heavy atom. The molecule has 12 nitrogen and oxygen atoms in total. The van der Waals surface area contributed by atoms with E-state index < -0.39 is 12.2 Å². The van der Waals surface area contributed by atoms with Crippen LogP contribution in [0.15, 0.2) is 109 Å². The minimum atomic E-state index is -0.458. The van der Waals surface area contributed by atoms with Crippen LogP contribution in [0.4, 0.5) is 0 Å². The lowest BCUT2D eigenvalue weighted by molar-refractivity contribution is -0.596. The predicted molar refractivity (Wildman–Crippen MR) is 254 cm³/mol. The largest absolute Gasteiger partial charge is 0.410 e. The summed E-state index contributed by atoms with van der Waals surface area (Å²) in [6.45, 7) is 8.13. The van der Waals surface area contributed by atoms with Crippen LogP contribution < -0.4 is 0 Å². The van der Waals surface area contributed by atoms with Crippen molar-refractivity contribution in [3.05, 3.63) is 143 Å². The maximum atomic E-state index is 7.06. The second-order valence-corrected chi connectivity index (χ2v) is 17.5. The second-order valence-electron chi connectivity index (χ2n) is 17.5. The van der Waals surface area contributed by atoms with Gasteiger partial charge in [-0.3, -0.25) is 9.48 Å². The maximum absolute atomic E-state index is 7.06. The molecule has 0 bridgehead atoms. The minimum absolute atomic E-state index is 0.0158. The lowest BCUT2D eigenvalue weighted by atomic mass is 9.90. The second kappa shape index (κ2) is 27.7. The summed E-state index contributed by atoms with van der Waals surface area (Å²) in [5.74, 6) is 1.13. The van der Waals surface area contributed by atoms with Crippen LogP contribution in [-0.2, 0) is 81.8 Å². The molecule has 2 unspecified atom stereocenters. The van der Waals surface area contributed by atoms with Gasteiger partial charge in [-0.15, -0.1) is 0 Å². The Kier molecular flexibility index (Phi) is 20.9. The van der Waals surface area contributed by atoms with Crippen LogP contribution in [0.2, 0.25) is 0 Å². The Labute approximate surface area is 393 Å². The van der Waals surface area contributed by atoms with Gasteiger partial charge in [0.2, 0.25) is 5.84 Å². The number of hydrogen-bond donors (Lipinski definition) is 0. The van der Waals surface area contributed by atoms with E-state index in [9.17, 15) is 0 Å². The molecule has 0 spiro atoms. The van der Waals surface area contributed by atoms with Crippen molar-refractivity contribution in [2.24, 2.45) is 0 Å². The molecular weight excluding hydrogens is 837 g/mol. The Hall–Kier alpha value is -4.05. The van der Waals surface area contributed by atoms with E-state index in [0.29, 0.717) is 65.6 Å². The van der Waals surface area contributed by atoms with Crippen molar-refractivity contribution >= 4 is 5.84 Å². The minimum Gasteiger partial charge on any atom is -0.410 e. The fourth-order valence-corrected chi connectivity index (χ4v) is 9.13. The first-order valence-corrected chi connectivity index (χ1v) is 24.1. The van der Waals surface area contributed by atoms with E-state index in [1.54, 1.807) is 14.2 Å². The molecule has 3 aliphatic rings. The normalized spacial score (nSPS) is 22.7. The van der Waals surface area contributed by atoms with E-state index in [-0.39, 0.29) is 38.2 Å². The van der Waals surface area contributed by atoms with Gasteiger partial charge in [0.25, 0.3) is 6.29 Å². The van der Waals surface area contributed by atoms with Gasteiger partial charge in [0, 0.05) is 53.4 Å². The average molecular weight is 911 g/mol. The summed E-state index contributed by atoms with van der Waals surface area (Å²) in [6, 6.07) is 38.7. The van der Waals surface area contributed by atoms with Gasteiger partial charge < -0.3 is 47.4 Å². The summed E-state index contributed by atoms with van der Waals surface area (Å²) in [5.41, 5.74) is 7.02. The number of amidine groups is 1. The third-order valence-electron chi connectivity index (χ3n) is 12.8. The van der Waals surface area contributed by atoms with Crippen LogP contribution in [0.5, 0.6) is 0 Å². The smallest absolute Gasteiger partial charge is 0.264 e. The molecule has 358 valence electrons. The Balaban J connectivity index is 1.28. The molecule has 0 saturated carbocycles. The molecule has 4 aromatic rings. The summed E-state index contributed by atoms with van der Waals surface area (Å²) in [4.78, 5) is 2.54. The molecule has 0 radical (unpaired) electrons. The number of ether oxygens (including phenoxy) is 10. The monoisotopic (exact) mass is 911 g/mol. The van der Waals surface area contributed by atoms with Gasteiger partial charge in [-0.05, 0) is 59.1 Å². The fraction of sp³-hybridized carbons (Fsp3) is 0.537. The lowest BCUT2D eigenvalue weighted by Crippen LogP contribution is -2.54. The molecule has 2 fully saturated rings. The standard InChI is InChI=1S/C54H73N2O10/c1-42-55(36-45-20-24-47(25-21-45)38-63-51-18-10-12-28-61-51)49(34-43-14-6-4-7-15-43)53(65-40-59-32-30-57-2)54(66-41-60-33-31-58-3)50(35-44-16-8-5-9-17-44)56(42)37-46-22-26-48(27-23-46)39-64-52-19-11-13-29-62-52/h4-9,14-17,20-27,49-54H,10-13,18-19,28-41H2,1-3H3/q+1/p+1/t49-,50-,51?,52?,53+,54+/m1/s1. The van der Waals surface area contributed by atoms with Crippen LogP contribution in [-0.4, -0.2) is 124 Å². The van der Waals surface area contributed by atoms with E-state index in [1.807, 2.05) is 0 Å². The molecule has 7 rings (SSSR count). The molecule has 66 heavy (non-hydrogen) atoms. The number of methoxy groups -OCH3 is 2. The first kappa shape index (κ1) is 49.8. The summed E-state index contributed by atoms with van der Waals surface area (Å²) < 4.78 is 62.5. The zero-order chi connectivity index (χ0) is 45.6. The Bertz CT molecular complexity index is 1960. The van der Waals surface area contributed by atoms with Crippen molar-refractivity contribution in [1.29, 1.82) is 0 Å². The van der Waals surface area contributed by atoms with Gasteiger partial charge in [0.15, 0.2) is 6.29 Å². The van der Waals surface area contributed by atoms with Crippen molar-refractivity contribution < 1.29 is 51.9 Å². The molecular formula is C54H74N2O10+2. The summed E-state index contributed by atoms with van der Waals surface area (Å²) in [5, 5.41) is 0. The first-order valence-electron chi connectivity index (χ1n) is 24.1. The van der Waals surface area contributed by atoms with E-state index in [0.717, 1.165) is 62.3 Å². The van der Waals surface area contributed by atoms with Crippen molar-refractivity contribution in [2.75, 3.05) is 67.4 Å². The predicted octanol–water partition coefficient (Wildman–Crippen LogP) is 7.97. The molecule has 6 atom stereocenters. The SMILES string of the molecule is COCCOCO[C@@H]1[C@@H](OCOCCOC)[C@@H](Cc2ccccc2)[N+](Cc2ccc(COC3CCCCO3)cc2)=C(C)N(Cc2ccc(COC3CCCC[OH+]3)cc2)[C@@H]1Cc1ccccc1. The number of aliphatic hydroxyl groups is 2. The van der Waals surface area contributed by atoms with Crippen LogP contribution in [0, 0.1) is 0 Å². The highest BCUT2D eigenvalue weighted by atomic mass is 16.7. The van der Waals surface area contributed by atoms with E-state index in [4.69, 9.17) is 42.6 Å². The number of rotatable bonds is 26. The van der Waals surface area contributed by atoms with Gasteiger partial charge in [-0.1, -0.05) is 109 Å². The van der Waals surface area contributed by atoms with Crippen LogP contribution in [0.3, 0.4) is 0 Å². The molecule has 12 heteroatoms. The molecule has 2 saturated heterocycles. The zero-order valence-corrected chi connectivity index (χ0v) is 39.5. The van der Waals surface area contributed by atoms with E-state index in [2.05, 4.69) is 130 Å². The highest BCUT2D eigenvalue weighted by Gasteiger charge is 2.49. The van der Waals surface area contributed by atoms with Crippen LogP contribution in [0.25, 0.3) is 0 Å². The third kappa shape index (κ3) is 15.5. The maximum Gasteiger partial charge on any atom is 0.264 e. The van der Waals surface area contributed by atoms with Gasteiger partial charge in [-0.2, -0.15) is 0 Å². The van der Waals surface area contributed by atoms with Crippen molar-refractivity contribution in [1.82, 2.24) is 4.90 Å². The van der Waals surface area contributed by atoms with Crippen LogP contribution in [0.1, 0.15) is 78.8 Å². The molecule has 1 N–H and O–H groups in total. The fourth-order valence-electron chi connectivity index (χ4n) is 9.13. The van der Waals surface area contributed by atoms with E-state index in [1.165, 1.54) is 28.7 Å². The van der Waals surface area contributed by atoms with Gasteiger partial charge in [0.05, 0.1) is 39.6 Å². The summed E-state index contributed by atoms with van der Waals surface area (Å²) in [7, 11) is 3.36. The van der Waals surface area contributed by atoms with Crippen LogP contribution >= 0.6 is 0 Å². The Morgan fingerprint density at radius 3 is 1.79 bits per heavy atom. The average Bonchev–Trinajstić information content (AvgIpc) is 3.43. The molecule has 4 aromatic carbocycles. The number of benzene rings is 4. The van der Waals surface area contributed by atoms with Crippen molar-refractivity contribution in [2.45, 2.75) is 121 Å². The summed E-state index contributed by atoms with van der Waals surface area (Å²) in [6.07, 6.45) is 6.81. The molecule has 3 aliphatic heterocycles. The van der Waals surface area contributed by atoms with Gasteiger partial charge in [0.1, 0.15) is 57.6 Å². The first-order chi connectivity index (χ1) is 32.6. The molecule has 0 aromatic heterocycles. The Morgan fingerprint density at radius 2 is 1.18 bits per heavy atom. The topological polar surface area (TPSA) is 102 Å². The third-order valence-corrected chi connectivity index (χ3v) is 12.8. The quantitative estimate of drug-likeness (QED) is 0.0267.